The Morgan fingerprint density at radius 3 is 0.406 bits per heavy atom. The van der Waals surface area contributed by atoms with Crippen LogP contribution in [0.5, 0.6) is 0 Å². The van der Waals surface area contributed by atoms with Gasteiger partial charge in [-0.2, -0.15) is 0 Å². The summed E-state index contributed by atoms with van der Waals surface area (Å²) < 4.78 is 0. The van der Waals surface area contributed by atoms with Crippen molar-refractivity contribution >= 4 is 0 Å². The van der Waals surface area contributed by atoms with Crippen LogP contribution in [0.1, 0.15) is 55.4 Å². The van der Waals surface area contributed by atoms with Gasteiger partial charge in [0.1, 0.15) is 0 Å². The first-order chi connectivity index (χ1) is 15.9. The molecule has 0 radical (unpaired) electrons. The van der Waals surface area contributed by atoms with Crippen LogP contribution in [-0.4, -0.2) is 0 Å². The summed E-state index contributed by atoms with van der Waals surface area (Å²) in [5.41, 5.74) is 11.2. The molecule has 0 aromatic heterocycles. The van der Waals surface area contributed by atoms with E-state index in [9.17, 15) is 0 Å². The third-order valence-corrected chi connectivity index (χ3v) is 4.87. The molecular weight excluding hydrogens is 384 g/mol. The third kappa shape index (κ3) is 5.56. The predicted molar refractivity (Wildman–Crippen MR) is 147 cm³/mol. The Bertz CT molecular complexity index is 769. The van der Waals surface area contributed by atoms with Crippen LogP contribution in [0.4, 0.5) is 0 Å². The van der Waals surface area contributed by atoms with Crippen molar-refractivity contribution in [1.29, 1.82) is 0 Å². The van der Waals surface area contributed by atoms with Crippen molar-refractivity contribution in [3.8, 4) is 44.5 Å². The van der Waals surface area contributed by atoms with E-state index in [1.165, 1.54) is 44.5 Å². The molecule has 2 aliphatic rings. The largest absolute Gasteiger partial charge is 0.0683 e. The standard InChI is InChI=1S/2C12H8.4C2H6/c2*1-2-6-10-9(5-1)11-7-3-4-8-12(10)11;4*1-2/h2*1-8H;4*1-2H3. The van der Waals surface area contributed by atoms with Crippen molar-refractivity contribution in [1.82, 2.24) is 0 Å². The predicted octanol–water partition coefficient (Wildman–Crippen LogP) is 10.8. The van der Waals surface area contributed by atoms with Crippen LogP contribution in [0.2, 0.25) is 0 Å². The van der Waals surface area contributed by atoms with Gasteiger partial charge in [0.15, 0.2) is 0 Å². The van der Waals surface area contributed by atoms with Crippen LogP contribution in [0.25, 0.3) is 44.5 Å². The average Bonchev–Trinajstić information content (AvgIpc) is 2.91. The van der Waals surface area contributed by atoms with Crippen molar-refractivity contribution in [3.63, 3.8) is 0 Å². The first-order valence-electron chi connectivity index (χ1n) is 12.3. The second kappa shape index (κ2) is 14.8. The maximum Gasteiger partial charge on any atom is -0.00990 e. The lowest BCUT2D eigenvalue weighted by atomic mass is 9.81. The molecule has 0 amide bonds. The lowest BCUT2D eigenvalue weighted by Gasteiger charge is -2.22. The minimum absolute atomic E-state index is 1.40. The molecule has 4 aromatic rings. The minimum Gasteiger partial charge on any atom is -0.0683 e. The van der Waals surface area contributed by atoms with Crippen LogP contribution < -0.4 is 0 Å². The quantitative estimate of drug-likeness (QED) is 0.227. The molecule has 0 heterocycles. The fraction of sp³-hybridized carbons (Fsp3) is 0.250. The van der Waals surface area contributed by atoms with E-state index < -0.39 is 0 Å². The number of rotatable bonds is 0. The number of hydrogen-bond donors (Lipinski definition) is 0. The molecule has 0 saturated heterocycles. The normalized spacial score (nSPS) is 9.25. The van der Waals surface area contributed by atoms with E-state index in [1.54, 1.807) is 0 Å². The molecule has 4 aromatic carbocycles. The highest BCUT2D eigenvalue weighted by molar-refractivity contribution is 6.02. The molecule has 168 valence electrons. The Kier molecular flexibility index (Phi) is 12.5. The molecule has 0 bridgehead atoms. The monoisotopic (exact) mass is 424 g/mol. The maximum atomic E-state index is 2.18. The molecule has 0 heteroatoms. The van der Waals surface area contributed by atoms with Crippen LogP contribution in [-0.2, 0) is 0 Å². The van der Waals surface area contributed by atoms with Gasteiger partial charge in [-0.1, -0.05) is 152 Å². The lowest BCUT2D eigenvalue weighted by Crippen LogP contribution is -1.96. The summed E-state index contributed by atoms with van der Waals surface area (Å²) in [6, 6.07) is 34.2. The van der Waals surface area contributed by atoms with Crippen LogP contribution in [0, 0.1) is 0 Å². The zero-order chi connectivity index (χ0) is 23.9. The van der Waals surface area contributed by atoms with Crippen molar-refractivity contribution < 1.29 is 0 Å². The highest BCUT2D eigenvalue weighted by Crippen LogP contribution is 2.46. The van der Waals surface area contributed by atoms with Gasteiger partial charge in [0.2, 0.25) is 0 Å². The molecule has 0 nitrogen and oxygen atoms in total. The summed E-state index contributed by atoms with van der Waals surface area (Å²) in [4.78, 5) is 0. The smallest absolute Gasteiger partial charge is 0.00990 e. The molecule has 0 aliphatic heterocycles. The van der Waals surface area contributed by atoms with Gasteiger partial charge in [-0.15, -0.1) is 0 Å². The molecule has 0 spiro atoms. The van der Waals surface area contributed by atoms with Gasteiger partial charge < -0.3 is 0 Å². The zero-order valence-corrected chi connectivity index (χ0v) is 21.2. The summed E-state index contributed by atoms with van der Waals surface area (Å²) >= 11 is 0. The molecule has 2 aliphatic carbocycles. The molecule has 0 fully saturated rings. The van der Waals surface area contributed by atoms with Gasteiger partial charge >= 0.3 is 0 Å². The lowest BCUT2D eigenvalue weighted by molar-refractivity contribution is 1.50. The van der Waals surface area contributed by atoms with Gasteiger partial charge in [-0.05, 0) is 44.5 Å². The summed E-state index contributed by atoms with van der Waals surface area (Å²) in [5, 5.41) is 0. The molecule has 0 saturated carbocycles. The van der Waals surface area contributed by atoms with E-state index in [4.69, 9.17) is 0 Å². The highest BCUT2D eigenvalue weighted by Gasteiger charge is 2.20. The van der Waals surface area contributed by atoms with E-state index in [0.29, 0.717) is 0 Å². The van der Waals surface area contributed by atoms with E-state index in [2.05, 4.69) is 97.1 Å². The van der Waals surface area contributed by atoms with Crippen molar-refractivity contribution in [2.24, 2.45) is 0 Å². The Hall–Kier alpha value is -3.12. The zero-order valence-electron chi connectivity index (χ0n) is 21.2. The summed E-state index contributed by atoms with van der Waals surface area (Å²) in [6.07, 6.45) is 0. The van der Waals surface area contributed by atoms with Gasteiger partial charge in [0.05, 0.1) is 0 Å². The van der Waals surface area contributed by atoms with E-state index in [0.717, 1.165) is 0 Å². The average molecular weight is 425 g/mol. The number of hydrogen-bond acceptors (Lipinski definition) is 0. The van der Waals surface area contributed by atoms with Crippen molar-refractivity contribution in [2.75, 3.05) is 0 Å². The molecule has 32 heavy (non-hydrogen) atoms. The fourth-order valence-electron chi connectivity index (χ4n) is 3.69. The van der Waals surface area contributed by atoms with Gasteiger partial charge in [0, 0.05) is 0 Å². The first-order valence-corrected chi connectivity index (χ1v) is 12.3. The second-order valence-corrected chi connectivity index (χ2v) is 6.18. The van der Waals surface area contributed by atoms with E-state index in [-0.39, 0.29) is 0 Å². The van der Waals surface area contributed by atoms with Crippen molar-refractivity contribution in [3.05, 3.63) is 97.1 Å². The fourth-order valence-corrected chi connectivity index (χ4v) is 3.69. The first kappa shape index (κ1) is 26.9. The molecule has 6 rings (SSSR count). The van der Waals surface area contributed by atoms with E-state index in [1.807, 2.05) is 55.4 Å². The summed E-state index contributed by atoms with van der Waals surface area (Å²) in [5.74, 6) is 0. The molecule has 0 unspecified atom stereocenters. The van der Waals surface area contributed by atoms with Crippen molar-refractivity contribution in [2.45, 2.75) is 55.4 Å². The van der Waals surface area contributed by atoms with Gasteiger partial charge in [0.25, 0.3) is 0 Å². The maximum absolute atomic E-state index is 2.18. The SMILES string of the molecule is CC.CC.CC.CC.c1ccc2c(c1)-c1ccccc1-2.c1ccc2c(c1)-c1ccccc1-2. The Morgan fingerprint density at radius 2 is 0.312 bits per heavy atom. The van der Waals surface area contributed by atoms with Gasteiger partial charge in [-0.25, -0.2) is 0 Å². The Morgan fingerprint density at radius 1 is 0.219 bits per heavy atom. The topological polar surface area (TPSA) is 0 Å². The van der Waals surface area contributed by atoms with Crippen LogP contribution in [0.15, 0.2) is 97.1 Å². The molecule has 0 atom stereocenters. The summed E-state index contributed by atoms with van der Waals surface area (Å²) in [6.45, 7) is 16.0. The highest BCUT2D eigenvalue weighted by atomic mass is 14.2. The van der Waals surface area contributed by atoms with Crippen LogP contribution in [0.3, 0.4) is 0 Å². The Labute approximate surface area is 197 Å². The third-order valence-electron chi connectivity index (χ3n) is 4.87. The molecule has 0 N–H and O–H groups in total. The van der Waals surface area contributed by atoms with E-state index >= 15 is 0 Å². The molecular formula is C32H40. The number of fused-ring (bicyclic) bond motifs is 8. The second-order valence-electron chi connectivity index (χ2n) is 6.18. The Balaban J connectivity index is 0.000000245. The minimum atomic E-state index is 1.40. The summed E-state index contributed by atoms with van der Waals surface area (Å²) in [7, 11) is 0. The van der Waals surface area contributed by atoms with Gasteiger partial charge in [-0.3, -0.25) is 0 Å². The van der Waals surface area contributed by atoms with Crippen LogP contribution >= 0.6 is 0 Å². The number of benzene rings is 4.